The first-order valence-corrected chi connectivity index (χ1v) is 8.87. The van der Waals surface area contributed by atoms with Crippen LogP contribution in [0.5, 0.6) is 0 Å². The van der Waals surface area contributed by atoms with Gasteiger partial charge in [0.1, 0.15) is 0 Å². The number of rotatable bonds is 3. The highest BCUT2D eigenvalue weighted by atomic mass is 32.2. The Morgan fingerprint density at radius 2 is 2.10 bits per heavy atom. The number of amides is 1. The van der Waals surface area contributed by atoms with Crippen LogP contribution >= 0.6 is 23.1 Å². The molecule has 1 aromatic heterocycles. The molecule has 0 aliphatic carbocycles. The predicted molar refractivity (Wildman–Crippen MR) is 88.6 cm³/mol. The van der Waals surface area contributed by atoms with Crippen molar-refractivity contribution >= 4 is 34.8 Å². The van der Waals surface area contributed by atoms with Gasteiger partial charge in [0, 0.05) is 18.0 Å². The Morgan fingerprint density at radius 1 is 1.48 bits per heavy atom. The number of oxime groups is 1. The summed E-state index contributed by atoms with van der Waals surface area (Å²) in [4.78, 5) is 16.4. The van der Waals surface area contributed by atoms with E-state index in [9.17, 15) is 4.79 Å². The van der Waals surface area contributed by atoms with E-state index >= 15 is 0 Å². The number of aryl methyl sites for hydroxylation is 2. The molecule has 5 nitrogen and oxygen atoms in total. The molecule has 0 saturated carbocycles. The third-order valence-electron chi connectivity index (χ3n) is 4.20. The van der Waals surface area contributed by atoms with Gasteiger partial charge in [0.25, 0.3) is 5.91 Å². The van der Waals surface area contributed by atoms with Crippen LogP contribution in [-0.2, 0) is 0 Å². The number of likely N-dealkylation sites (tertiary alicyclic amines) is 1. The molecule has 3 N–H and O–H groups in total. The van der Waals surface area contributed by atoms with Gasteiger partial charge < -0.3 is 15.8 Å². The number of nitrogens with two attached hydrogens (primary N) is 1. The summed E-state index contributed by atoms with van der Waals surface area (Å²) < 4.78 is -0.354. The van der Waals surface area contributed by atoms with Crippen molar-refractivity contribution in [3.63, 3.8) is 0 Å². The monoisotopic (exact) mass is 327 g/mol. The Bertz CT molecular complexity index is 541. The van der Waals surface area contributed by atoms with E-state index in [1.54, 1.807) is 23.1 Å². The van der Waals surface area contributed by atoms with E-state index < -0.39 is 0 Å². The topological polar surface area (TPSA) is 78.9 Å². The van der Waals surface area contributed by atoms with Crippen molar-refractivity contribution in [1.82, 2.24) is 4.90 Å². The minimum Gasteiger partial charge on any atom is -0.409 e. The molecular weight excluding hydrogens is 306 g/mol. The van der Waals surface area contributed by atoms with Gasteiger partial charge in [-0.1, -0.05) is 5.16 Å². The maximum atomic E-state index is 12.5. The van der Waals surface area contributed by atoms with Crippen molar-refractivity contribution < 1.29 is 10.0 Å². The van der Waals surface area contributed by atoms with E-state index in [0.29, 0.717) is 25.9 Å². The summed E-state index contributed by atoms with van der Waals surface area (Å²) in [7, 11) is 0. The van der Waals surface area contributed by atoms with Crippen molar-refractivity contribution in [2.24, 2.45) is 10.9 Å². The van der Waals surface area contributed by atoms with Gasteiger partial charge in [0.2, 0.25) is 0 Å². The molecule has 1 fully saturated rings. The van der Waals surface area contributed by atoms with Crippen LogP contribution in [0.4, 0.5) is 0 Å². The first kappa shape index (κ1) is 16.2. The second kappa shape index (κ2) is 6.27. The summed E-state index contributed by atoms with van der Waals surface area (Å²) in [5, 5.41) is 12.1. The average molecular weight is 327 g/mol. The number of piperidine rings is 1. The van der Waals surface area contributed by atoms with Gasteiger partial charge in [-0.2, -0.15) is 11.8 Å². The fraction of sp³-hybridized carbons (Fsp3) is 0.571. The summed E-state index contributed by atoms with van der Waals surface area (Å²) in [6, 6.07) is 1.96. The zero-order valence-corrected chi connectivity index (χ0v) is 14.2. The first-order chi connectivity index (χ1) is 9.93. The molecule has 0 spiro atoms. The second-order valence-corrected chi connectivity index (χ2v) is 7.77. The lowest BCUT2D eigenvalue weighted by atomic mass is 9.94. The molecule has 0 atom stereocenters. The fourth-order valence-electron chi connectivity index (χ4n) is 2.56. The molecule has 1 aromatic rings. The number of thioether (sulfide) groups is 1. The maximum absolute atomic E-state index is 12.5. The minimum absolute atomic E-state index is 0.0883. The highest BCUT2D eigenvalue weighted by Crippen LogP contribution is 2.35. The molecule has 1 aliphatic heterocycles. The summed E-state index contributed by atoms with van der Waals surface area (Å²) in [6.45, 7) is 5.32. The number of hydrogen-bond acceptors (Lipinski definition) is 5. The minimum atomic E-state index is -0.354. The van der Waals surface area contributed by atoms with Gasteiger partial charge in [-0.15, -0.1) is 11.3 Å². The normalized spacial score (nSPS) is 18.8. The molecule has 0 bridgehead atoms. The van der Waals surface area contributed by atoms with Crippen LogP contribution in [0.2, 0.25) is 0 Å². The summed E-state index contributed by atoms with van der Waals surface area (Å²) in [5.41, 5.74) is 6.99. The van der Waals surface area contributed by atoms with Gasteiger partial charge in [-0.25, -0.2) is 0 Å². The lowest BCUT2D eigenvalue weighted by molar-refractivity contribution is 0.0722. The molecule has 116 valence electrons. The lowest BCUT2D eigenvalue weighted by Gasteiger charge is -2.39. The van der Waals surface area contributed by atoms with E-state index in [0.717, 1.165) is 10.4 Å². The van der Waals surface area contributed by atoms with Crippen molar-refractivity contribution in [1.29, 1.82) is 0 Å². The van der Waals surface area contributed by atoms with Crippen LogP contribution < -0.4 is 5.73 Å². The van der Waals surface area contributed by atoms with Crippen LogP contribution in [0, 0.1) is 13.8 Å². The first-order valence-electron chi connectivity index (χ1n) is 6.83. The lowest BCUT2D eigenvalue weighted by Crippen LogP contribution is -2.51. The summed E-state index contributed by atoms with van der Waals surface area (Å²) >= 11 is 3.14. The number of thiophene rings is 1. The van der Waals surface area contributed by atoms with E-state index in [1.807, 2.05) is 31.1 Å². The molecule has 1 amide bonds. The summed E-state index contributed by atoms with van der Waals surface area (Å²) in [5.74, 6) is 0.343. The molecule has 0 radical (unpaired) electrons. The molecular formula is C14H21N3O2S2. The van der Waals surface area contributed by atoms with Gasteiger partial charge in [-0.05, 0) is 44.6 Å². The third-order valence-corrected chi connectivity index (χ3v) is 6.74. The predicted octanol–water partition coefficient (Wildman–Crippen LogP) is 2.45. The van der Waals surface area contributed by atoms with Crippen LogP contribution in [0.25, 0.3) is 0 Å². The van der Waals surface area contributed by atoms with Crippen molar-refractivity contribution in [3.05, 3.63) is 21.4 Å². The smallest absolute Gasteiger partial charge is 0.263 e. The van der Waals surface area contributed by atoms with E-state index in [1.165, 1.54) is 4.88 Å². The maximum Gasteiger partial charge on any atom is 0.263 e. The van der Waals surface area contributed by atoms with E-state index in [-0.39, 0.29) is 16.5 Å². The highest BCUT2D eigenvalue weighted by molar-refractivity contribution is 8.00. The Kier molecular flexibility index (Phi) is 4.83. The zero-order chi connectivity index (χ0) is 15.6. The second-order valence-electron chi connectivity index (χ2n) is 5.33. The molecule has 21 heavy (non-hydrogen) atoms. The van der Waals surface area contributed by atoms with Crippen molar-refractivity contribution in [3.8, 4) is 0 Å². The number of carbonyl (C=O) groups excluding carboxylic acids is 1. The highest BCUT2D eigenvalue weighted by Gasteiger charge is 2.39. The number of carbonyl (C=O) groups is 1. The van der Waals surface area contributed by atoms with Gasteiger partial charge in [0.05, 0.1) is 9.62 Å². The van der Waals surface area contributed by atoms with Crippen LogP contribution in [0.15, 0.2) is 11.2 Å². The number of nitrogens with zero attached hydrogens (tertiary/aromatic N) is 2. The summed E-state index contributed by atoms with van der Waals surface area (Å²) in [6.07, 6.45) is 3.37. The number of hydrogen-bond donors (Lipinski definition) is 2. The molecule has 0 aromatic carbocycles. The largest absolute Gasteiger partial charge is 0.409 e. The molecule has 2 rings (SSSR count). The standard InChI is InChI=1S/C14H21N3O2S2/c1-9-8-11(21-10(9)2)12(18)17-6-4-14(20-3,5-7-17)13(15)16-19/h8,19H,4-7H2,1-3H3,(H2,15,16). The Balaban J connectivity index is 2.08. The van der Waals surface area contributed by atoms with Gasteiger partial charge in [-0.3, -0.25) is 4.79 Å². The molecule has 2 heterocycles. The van der Waals surface area contributed by atoms with E-state index in [4.69, 9.17) is 10.9 Å². The van der Waals surface area contributed by atoms with Crippen molar-refractivity contribution in [2.45, 2.75) is 31.4 Å². The van der Waals surface area contributed by atoms with Crippen LogP contribution in [0.3, 0.4) is 0 Å². The van der Waals surface area contributed by atoms with Crippen LogP contribution in [0.1, 0.15) is 33.0 Å². The van der Waals surface area contributed by atoms with Crippen molar-refractivity contribution in [2.75, 3.05) is 19.3 Å². The Labute approximate surface area is 133 Å². The molecule has 0 unspecified atom stereocenters. The Morgan fingerprint density at radius 3 is 2.52 bits per heavy atom. The Hall–Kier alpha value is -1.21. The number of amidine groups is 1. The van der Waals surface area contributed by atoms with Gasteiger partial charge in [0.15, 0.2) is 5.84 Å². The van der Waals surface area contributed by atoms with E-state index in [2.05, 4.69) is 5.16 Å². The van der Waals surface area contributed by atoms with Gasteiger partial charge >= 0.3 is 0 Å². The third kappa shape index (κ3) is 3.03. The average Bonchev–Trinajstić information content (AvgIpc) is 2.85. The quantitative estimate of drug-likeness (QED) is 0.387. The molecule has 1 aliphatic rings. The molecule has 1 saturated heterocycles. The SMILES string of the molecule is CSC1(C(N)=NO)CCN(C(=O)c2cc(C)c(C)s2)CC1. The van der Waals surface area contributed by atoms with Crippen LogP contribution in [-0.4, -0.2) is 45.9 Å². The molecule has 7 heteroatoms. The zero-order valence-electron chi connectivity index (χ0n) is 12.5. The fourth-order valence-corrected chi connectivity index (χ4v) is 4.40.